The van der Waals surface area contributed by atoms with E-state index in [1.165, 1.54) is 0 Å². The Hall–Kier alpha value is -4.17. The number of hydrogen-bond acceptors (Lipinski definition) is 5. The lowest BCUT2D eigenvalue weighted by molar-refractivity contribution is -0.116. The van der Waals surface area contributed by atoms with Crippen LogP contribution in [0.5, 0.6) is 11.5 Å². The van der Waals surface area contributed by atoms with Crippen LogP contribution in [-0.2, 0) is 11.4 Å². The number of hydrogen-bond donors (Lipinski definition) is 0. The Labute approximate surface area is 211 Å². The van der Waals surface area contributed by atoms with Crippen molar-refractivity contribution in [1.82, 2.24) is 0 Å². The number of rotatable bonds is 6. The van der Waals surface area contributed by atoms with Crippen LogP contribution in [0.1, 0.15) is 48.3 Å². The summed E-state index contributed by atoms with van der Waals surface area (Å²) in [7, 11) is 1.64. The first kappa shape index (κ1) is 23.6. The topological polar surface area (TPSA) is 71.7 Å². The van der Waals surface area contributed by atoms with Crippen LogP contribution in [0, 0.1) is 17.2 Å². The Morgan fingerprint density at radius 2 is 1.58 bits per heavy atom. The second-order valence-corrected chi connectivity index (χ2v) is 9.34. The van der Waals surface area contributed by atoms with E-state index in [-0.39, 0.29) is 17.6 Å². The summed E-state index contributed by atoms with van der Waals surface area (Å²) in [6.45, 7) is 2.38. The van der Waals surface area contributed by atoms with Crippen LogP contribution in [0.15, 0.2) is 95.1 Å². The normalized spacial score (nSPS) is 21.3. The quantitative estimate of drug-likeness (QED) is 0.414. The van der Waals surface area contributed by atoms with Gasteiger partial charge in [-0.25, -0.2) is 0 Å². The molecule has 5 nitrogen and oxygen atoms in total. The van der Waals surface area contributed by atoms with E-state index in [2.05, 4.69) is 6.07 Å². The van der Waals surface area contributed by atoms with E-state index in [0.717, 1.165) is 39.6 Å². The summed E-state index contributed by atoms with van der Waals surface area (Å²) in [5, 5.41) is 10.0. The first-order valence-electron chi connectivity index (χ1n) is 12.2. The molecular formula is C31H28N2O3. The number of benzene rings is 3. The van der Waals surface area contributed by atoms with E-state index in [1.807, 2.05) is 85.8 Å². The Morgan fingerprint density at radius 3 is 2.25 bits per heavy atom. The molecule has 3 atom stereocenters. The second-order valence-electron chi connectivity index (χ2n) is 9.34. The van der Waals surface area contributed by atoms with E-state index in [1.54, 1.807) is 7.11 Å². The van der Waals surface area contributed by atoms with Crippen LogP contribution in [0.4, 0.5) is 0 Å². The number of methoxy groups -OCH3 is 1. The number of ketones is 1. The Kier molecular flexibility index (Phi) is 6.69. The predicted octanol–water partition coefficient (Wildman–Crippen LogP) is 6.37. The Balaban J connectivity index is 1.41. The molecular weight excluding hydrogens is 448 g/mol. The van der Waals surface area contributed by atoms with Gasteiger partial charge in [0.2, 0.25) is 0 Å². The third-order valence-corrected chi connectivity index (χ3v) is 7.10. The summed E-state index contributed by atoms with van der Waals surface area (Å²) in [4.78, 5) is 18.3. The fraction of sp³-hybridized carbons (Fsp3) is 0.258. The molecule has 1 aliphatic carbocycles. The van der Waals surface area contributed by atoms with E-state index in [9.17, 15) is 10.1 Å². The van der Waals surface area contributed by atoms with Crippen molar-refractivity contribution in [3.63, 3.8) is 0 Å². The van der Waals surface area contributed by atoms with Crippen molar-refractivity contribution in [2.24, 2.45) is 10.9 Å². The molecule has 3 aromatic rings. The maximum Gasteiger partial charge on any atom is 0.161 e. The van der Waals surface area contributed by atoms with Crippen molar-refractivity contribution in [2.75, 3.05) is 7.11 Å². The molecule has 2 aliphatic rings. The molecule has 0 N–H and O–H groups in total. The van der Waals surface area contributed by atoms with Crippen molar-refractivity contribution in [3.05, 3.63) is 107 Å². The lowest BCUT2D eigenvalue weighted by atomic mass is 9.69. The number of aliphatic imine (C=N–C) groups is 1. The number of Topliss-reactive ketones (excluding diaryl/α,β-unsaturated/α-hetero) is 1. The lowest BCUT2D eigenvalue weighted by Crippen LogP contribution is -2.32. The molecule has 0 radical (unpaired) electrons. The van der Waals surface area contributed by atoms with E-state index in [4.69, 9.17) is 14.5 Å². The van der Waals surface area contributed by atoms with Gasteiger partial charge in [0.05, 0.1) is 19.1 Å². The zero-order valence-electron chi connectivity index (χ0n) is 20.5. The highest BCUT2D eigenvalue weighted by atomic mass is 16.5. The van der Waals surface area contributed by atoms with Gasteiger partial charge in [0.25, 0.3) is 0 Å². The van der Waals surface area contributed by atoms with Gasteiger partial charge < -0.3 is 9.47 Å². The third-order valence-electron chi connectivity index (χ3n) is 7.10. The minimum absolute atomic E-state index is 0.0618. The van der Waals surface area contributed by atoms with Gasteiger partial charge in [0.1, 0.15) is 18.1 Å². The molecule has 3 unspecified atom stereocenters. The van der Waals surface area contributed by atoms with Crippen LogP contribution in [0.3, 0.4) is 0 Å². The van der Waals surface area contributed by atoms with Crippen LogP contribution >= 0.6 is 0 Å². The number of nitriles is 1. The van der Waals surface area contributed by atoms with Gasteiger partial charge in [-0.15, -0.1) is 0 Å². The van der Waals surface area contributed by atoms with Crippen molar-refractivity contribution in [3.8, 4) is 17.6 Å². The van der Waals surface area contributed by atoms with Gasteiger partial charge in [-0.1, -0.05) is 54.6 Å². The Bertz CT molecular complexity index is 1350. The third kappa shape index (κ3) is 4.67. The average molecular weight is 477 g/mol. The number of ether oxygens (including phenoxy) is 2. The van der Waals surface area contributed by atoms with Gasteiger partial charge in [-0.05, 0) is 60.2 Å². The van der Waals surface area contributed by atoms with Gasteiger partial charge >= 0.3 is 0 Å². The summed E-state index contributed by atoms with van der Waals surface area (Å²) in [5.74, 6) is 0.882. The standard InChI is InChI=1S/C31H28N2O3/c1-20-27(18-32)30(23-10-14-26(15-11-23)36-19-21-6-4-3-5-7-21)31-28(33-20)16-24(17-29(31)34)22-8-12-25(35-2)13-9-22/h3-15,24,27,30H,16-17,19H2,1-2H3. The maximum absolute atomic E-state index is 13.5. The van der Waals surface area contributed by atoms with Crippen molar-refractivity contribution < 1.29 is 14.3 Å². The van der Waals surface area contributed by atoms with E-state index < -0.39 is 5.92 Å². The van der Waals surface area contributed by atoms with E-state index in [0.29, 0.717) is 25.0 Å². The monoisotopic (exact) mass is 476 g/mol. The minimum atomic E-state index is -0.471. The lowest BCUT2D eigenvalue weighted by Gasteiger charge is -2.35. The van der Waals surface area contributed by atoms with Crippen LogP contribution < -0.4 is 9.47 Å². The first-order valence-corrected chi connectivity index (χ1v) is 12.2. The summed E-state index contributed by atoms with van der Waals surface area (Å²) >= 11 is 0. The van der Waals surface area contributed by atoms with Gasteiger partial charge in [-0.3, -0.25) is 9.79 Å². The highest BCUT2D eigenvalue weighted by molar-refractivity contribution is 6.03. The van der Waals surface area contributed by atoms with Crippen molar-refractivity contribution in [1.29, 1.82) is 5.26 Å². The molecule has 0 amide bonds. The van der Waals surface area contributed by atoms with Crippen LogP contribution in [-0.4, -0.2) is 18.6 Å². The van der Waals surface area contributed by atoms with Crippen LogP contribution in [0.2, 0.25) is 0 Å². The zero-order valence-corrected chi connectivity index (χ0v) is 20.5. The summed E-state index contributed by atoms with van der Waals surface area (Å²) in [6.07, 6.45) is 1.09. The molecule has 1 heterocycles. The molecule has 5 rings (SSSR count). The summed E-state index contributed by atoms with van der Waals surface area (Å²) < 4.78 is 11.2. The summed E-state index contributed by atoms with van der Waals surface area (Å²) in [5.41, 5.74) is 5.39. The highest BCUT2D eigenvalue weighted by Crippen LogP contribution is 2.46. The molecule has 0 spiro atoms. The molecule has 5 heteroatoms. The predicted molar refractivity (Wildman–Crippen MR) is 139 cm³/mol. The van der Waals surface area contributed by atoms with Crippen LogP contribution in [0.25, 0.3) is 0 Å². The fourth-order valence-electron chi connectivity index (χ4n) is 5.21. The number of carbonyl (C=O) groups excluding carboxylic acids is 1. The minimum Gasteiger partial charge on any atom is -0.497 e. The second kappa shape index (κ2) is 10.2. The number of nitrogens with zero attached hydrogens (tertiary/aromatic N) is 2. The average Bonchev–Trinajstić information content (AvgIpc) is 2.92. The van der Waals surface area contributed by atoms with Gasteiger partial charge in [0.15, 0.2) is 5.78 Å². The fourth-order valence-corrected chi connectivity index (χ4v) is 5.21. The molecule has 3 aromatic carbocycles. The molecule has 0 fully saturated rings. The first-order chi connectivity index (χ1) is 17.6. The molecule has 0 bridgehead atoms. The van der Waals surface area contributed by atoms with Crippen molar-refractivity contribution in [2.45, 2.75) is 38.2 Å². The van der Waals surface area contributed by atoms with E-state index >= 15 is 0 Å². The largest absolute Gasteiger partial charge is 0.497 e. The molecule has 0 saturated carbocycles. The maximum atomic E-state index is 13.5. The molecule has 1 aliphatic heterocycles. The smallest absolute Gasteiger partial charge is 0.161 e. The molecule has 180 valence electrons. The zero-order chi connectivity index (χ0) is 25.1. The molecule has 36 heavy (non-hydrogen) atoms. The molecule has 0 saturated heterocycles. The van der Waals surface area contributed by atoms with Gasteiger partial charge in [0, 0.05) is 29.3 Å². The highest BCUT2D eigenvalue weighted by Gasteiger charge is 2.41. The number of allylic oxidation sites excluding steroid dienone is 2. The number of carbonyl (C=O) groups is 1. The van der Waals surface area contributed by atoms with Crippen molar-refractivity contribution >= 4 is 11.5 Å². The molecule has 0 aromatic heterocycles. The van der Waals surface area contributed by atoms with Gasteiger partial charge in [-0.2, -0.15) is 5.26 Å². The Morgan fingerprint density at radius 1 is 0.917 bits per heavy atom. The summed E-state index contributed by atoms with van der Waals surface area (Å²) in [6, 6.07) is 28.1. The SMILES string of the molecule is COc1ccc(C2CC(=O)C3=C(C2)N=C(C)C(C#N)C3c2ccc(OCc3ccccc3)cc2)cc1.